The molecule has 0 fully saturated rings. The first-order chi connectivity index (χ1) is 15.6. The van der Waals surface area contributed by atoms with E-state index < -0.39 is 10.8 Å². The van der Waals surface area contributed by atoms with E-state index in [1.54, 1.807) is 12.1 Å². The molecule has 0 atom stereocenters. The number of thiophene rings is 1. The molecule has 0 bridgehead atoms. The van der Waals surface area contributed by atoms with Crippen molar-refractivity contribution in [2.24, 2.45) is 0 Å². The quantitative estimate of drug-likeness (QED) is 0.243. The maximum absolute atomic E-state index is 13.5. The van der Waals surface area contributed by atoms with Crippen molar-refractivity contribution in [3.05, 3.63) is 87.0 Å². The third-order valence-corrected chi connectivity index (χ3v) is 7.03. The van der Waals surface area contributed by atoms with Gasteiger partial charge in [0.15, 0.2) is 5.13 Å². The van der Waals surface area contributed by atoms with E-state index in [-0.39, 0.29) is 21.1 Å². The van der Waals surface area contributed by atoms with Crippen LogP contribution in [0.4, 0.5) is 14.5 Å². The molecule has 0 saturated heterocycles. The van der Waals surface area contributed by atoms with Gasteiger partial charge in [-0.3, -0.25) is 20.2 Å². The largest absolute Gasteiger partial charge is 0.324 e. The highest BCUT2D eigenvalue weighted by Gasteiger charge is 2.20. The maximum atomic E-state index is 13.5. The van der Waals surface area contributed by atoms with Crippen LogP contribution in [0.5, 0.6) is 0 Å². The van der Waals surface area contributed by atoms with Crippen molar-refractivity contribution >= 4 is 38.7 Å². The van der Waals surface area contributed by atoms with Crippen LogP contribution >= 0.6 is 22.7 Å². The van der Waals surface area contributed by atoms with Gasteiger partial charge in [0.2, 0.25) is 0 Å². The van der Waals surface area contributed by atoms with Crippen LogP contribution < -0.4 is 5.32 Å². The van der Waals surface area contributed by atoms with Gasteiger partial charge in [-0.15, -0.1) is 0 Å². The van der Waals surface area contributed by atoms with E-state index in [0.717, 1.165) is 27.3 Å². The standard InChI is InChI=1S/C24H20FN3O3S2/c1-24(2,3)16-8-4-14(5-9-16)20-21(15-6-10-17(25)11-7-15)33-23(26-20)27-22(29)18-12-13-19(32-18)28(30)31/h4-13H,1-3H3,(H,26,27,29). The second-order valence-electron chi connectivity index (χ2n) is 8.38. The lowest BCUT2D eigenvalue weighted by Crippen LogP contribution is -2.10. The third kappa shape index (κ3) is 4.99. The third-order valence-electron chi connectivity index (χ3n) is 4.97. The predicted molar refractivity (Wildman–Crippen MR) is 131 cm³/mol. The molecular weight excluding hydrogens is 461 g/mol. The van der Waals surface area contributed by atoms with E-state index in [2.05, 4.69) is 31.1 Å². The average Bonchev–Trinajstić information content (AvgIpc) is 3.42. The van der Waals surface area contributed by atoms with Crippen molar-refractivity contribution in [3.63, 3.8) is 0 Å². The van der Waals surface area contributed by atoms with Crippen LogP contribution in [-0.2, 0) is 5.41 Å². The normalized spacial score (nSPS) is 11.4. The predicted octanol–water partition coefficient (Wildman–Crippen LogP) is 7.14. The number of carbonyl (C=O) groups is 1. The highest BCUT2D eigenvalue weighted by Crippen LogP contribution is 2.40. The van der Waals surface area contributed by atoms with Gasteiger partial charge in [0.1, 0.15) is 5.82 Å². The van der Waals surface area contributed by atoms with Crippen molar-refractivity contribution in [2.75, 3.05) is 5.32 Å². The zero-order chi connectivity index (χ0) is 23.8. The number of rotatable bonds is 5. The van der Waals surface area contributed by atoms with E-state index in [4.69, 9.17) is 0 Å². The summed E-state index contributed by atoms with van der Waals surface area (Å²) < 4.78 is 13.5. The Hall–Kier alpha value is -3.43. The lowest BCUT2D eigenvalue weighted by atomic mass is 9.86. The number of carbonyl (C=O) groups excluding carboxylic acids is 1. The molecule has 2 aromatic carbocycles. The smallest absolute Gasteiger partial charge is 0.297 e. The lowest BCUT2D eigenvalue weighted by molar-refractivity contribution is -0.380. The molecule has 0 unspecified atom stereocenters. The molecule has 4 aromatic rings. The molecule has 0 aliphatic carbocycles. The van der Waals surface area contributed by atoms with Gasteiger partial charge in [-0.05, 0) is 34.7 Å². The Morgan fingerprint density at radius 3 is 2.18 bits per heavy atom. The number of benzene rings is 2. The van der Waals surface area contributed by atoms with Crippen LogP contribution in [-0.4, -0.2) is 15.8 Å². The Labute approximate surface area is 197 Å². The summed E-state index contributed by atoms with van der Waals surface area (Å²) in [7, 11) is 0. The molecule has 33 heavy (non-hydrogen) atoms. The Bertz CT molecular complexity index is 1320. The summed E-state index contributed by atoms with van der Waals surface area (Å²) >= 11 is 2.07. The summed E-state index contributed by atoms with van der Waals surface area (Å²) in [5, 5.41) is 13.9. The number of hydrogen-bond donors (Lipinski definition) is 1. The number of anilines is 1. The van der Waals surface area contributed by atoms with Gasteiger partial charge in [-0.2, -0.15) is 0 Å². The van der Waals surface area contributed by atoms with Crippen LogP contribution in [0.15, 0.2) is 60.7 Å². The van der Waals surface area contributed by atoms with Crippen LogP contribution in [0.2, 0.25) is 0 Å². The lowest BCUT2D eigenvalue weighted by Gasteiger charge is -2.19. The van der Waals surface area contributed by atoms with Gasteiger partial charge in [0, 0.05) is 11.6 Å². The molecule has 2 heterocycles. The van der Waals surface area contributed by atoms with Gasteiger partial charge < -0.3 is 0 Å². The van der Waals surface area contributed by atoms with E-state index in [1.807, 2.05) is 24.3 Å². The summed E-state index contributed by atoms with van der Waals surface area (Å²) in [4.78, 5) is 28.7. The van der Waals surface area contributed by atoms with Crippen LogP contribution in [0.3, 0.4) is 0 Å². The maximum Gasteiger partial charge on any atom is 0.324 e. The molecule has 0 radical (unpaired) electrons. The van der Waals surface area contributed by atoms with E-state index in [9.17, 15) is 19.3 Å². The van der Waals surface area contributed by atoms with Crippen molar-refractivity contribution in [2.45, 2.75) is 26.2 Å². The van der Waals surface area contributed by atoms with Gasteiger partial charge in [0.05, 0.1) is 20.4 Å². The first kappa shape index (κ1) is 22.8. The molecule has 0 spiro atoms. The summed E-state index contributed by atoms with van der Waals surface area (Å²) in [6.45, 7) is 6.41. The fourth-order valence-electron chi connectivity index (χ4n) is 3.20. The number of nitro groups is 1. The number of hydrogen-bond acceptors (Lipinski definition) is 6. The topological polar surface area (TPSA) is 85.1 Å². The molecule has 1 amide bonds. The minimum atomic E-state index is -0.531. The fraction of sp³-hybridized carbons (Fsp3) is 0.167. The number of aromatic nitrogens is 1. The minimum Gasteiger partial charge on any atom is -0.297 e. The van der Waals surface area contributed by atoms with E-state index in [0.29, 0.717) is 10.8 Å². The Balaban J connectivity index is 1.71. The molecule has 168 valence electrons. The zero-order valence-corrected chi connectivity index (χ0v) is 19.7. The Morgan fingerprint density at radius 1 is 0.970 bits per heavy atom. The highest BCUT2D eigenvalue weighted by molar-refractivity contribution is 7.20. The molecular formula is C24H20FN3O3S2. The minimum absolute atomic E-state index is 0.00282. The van der Waals surface area contributed by atoms with Gasteiger partial charge in [-0.1, -0.05) is 79.8 Å². The fourth-order valence-corrected chi connectivity index (χ4v) is 4.90. The van der Waals surface area contributed by atoms with Crippen molar-refractivity contribution in [1.82, 2.24) is 4.98 Å². The zero-order valence-electron chi connectivity index (χ0n) is 18.1. The Morgan fingerprint density at radius 2 is 1.61 bits per heavy atom. The molecule has 2 aromatic heterocycles. The molecule has 0 aliphatic heterocycles. The van der Waals surface area contributed by atoms with Gasteiger partial charge in [0.25, 0.3) is 5.91 Å². The number of amides is 1. The van der Waals surface area contributed by atoms with Crippen molar-refractivity contribution < 1.29 is 14.1 Å². The van der Waals surface area contributed by atoms with Gasteiger partial charge >= 0.3 is 5.00 Å². The first-order valence-electron chi connectivity index (χ1n) is 10.0. The molecule has 9 heteroatoms. The summed E-state index contributed by atoms with van der Waals surface area (Å²) in [6, 6.07) is 16.9. The summed E-state index contributed by atoms with van der Waals surface area (Å²) in [6.07, 6.45) is 0. The molecule has 0 saturated carbocycles. The average molecular weight is 482 g/mol. The molecule has 6 nitrogen and oxygen atoms in total. The van der Waals surface area contributed by atoms with E-state index in [1.165, 1.54) is 41.2 Å². The molecule has 0 aliphatic rings. The van der Waals surface area contributed by atoms with Crippen molar-refractivity contribution in [1.29, 1.82) is 0 Å². The monoisotopic (exact) mass is 481 g/mol. The molecule has 1 N–H and O–H groups in total. The molecule has 4 rings (SSSR count). The number of thiazole rings is 1. The van der Waals surface area contributed by atoms with Crippen molar-refractivity contribution in [3.8, 4) is 21.7 Å². The first-order valence-corrected chi connectivity index (χ1v) is 11.7. The van der Waals surface area contributed by atoms with Crippen LogP contribution in [0, 0.1) is 15.9 Å². The van der Waals surface area contributed by atoms with E-state index >= 15 is 0 Å². The second-order valence-corrected chi connectivity index (χ2v) is 10.4. The van der Waals surface area contributed by atoms with Gasteiger partial charge in [-0.25, -0.2) is 9.37 Å². The summed E-state index contributed by atoms with van der Waals surface area (Å²) in [5.41, 5.74) is 3.49. The SMILES string of the molecule is CC(C)(C)c1ccc(-c2nc(NC(=O)c3ccc([N+](=O)[O-])s3)sc2-c2ccc(F)cc2)cc1. The highest BCUT2D eigenvalue weighted by atomic mass is 32.1. The Kier molecular flexibility index (Phi) is 6.09. The number of nitrogens with zero attached hydrogens (tertiary/aromatic N) is 2. The number of nitrogens with one attached hydrogen (secondary N) is 1. The number of halogens is 1. The second kappa shape index (κ2) is 8.84. The summed E-state index contributed by atoms with van der Waals surface area (Å²) in [5.74, 6) is -0.811. The van der Waals surface area contributed by atoms with Crippen LogP contribution in [0.1, 0.15) is 36.0 Å². The van der Waals surface area contributed by atoms with Crippen LogP contribution in [0.25, 0.3) is 21.7 Å².